The fourth-order valence-electron chi connectivity index (χ4n) is 0.732. The smallest absolute Gasteiger partial charge is 0.371 e. The van der Waals surface area contributed by atoms with Crippen LogP contribution >= 0.6 is 0 Å². The molecule has 0 radical (unpaired) electrons. The zero-order valence-electron chi connectivity index (χ0n) is 9.16. The number of carbonyl (C=O) groups excluding carboxylic acids is 1. The van der Waals surface area contributed by atoms with Gasteiger partial charge in [-0.15, -0.1) is 0 Å². The number of benzene rings is 1. The van der Waals surface area contributed by atoms with E-state index in [1.807, 2.05) is 30.3 Å². The second kappa shape index (κ2) is 7.81. The van der Waals surface area contributed by atoms with Gasteiger partial charge >= 0.3 is 11.9 Å². The molecule has 0 aromatic heterocycles. The number of rotatable bonds is 3. The summed E-state index contributed by atoms with van der Waals surface area (Å²) >= 11 is 0. The van der Waals surface area contributed by atoms with Crippen LogP contribution in [0.25, 0.3) is 6.08 Å². The number of carboxylic acid groups (broad SMARTS) is 2. The number of hydrogen-bond donors (Lipinski definition) is 2. The molecule has 0 saturated carbocycles. The van der Waals surface area contributed by atoms with Crippen LogP contribution in [0.4, 0.5) is 0 Å². The second-order valence-corrected chi connectivity index (χ2v) is 2.94. The van der Waals surface area contributed by atoms with Gasteiger partial charge in [-0.1, -0.05) is 30.3 Å². The molecule has 0 spiro atoms. The first kappa shape index (κ1) is 14.6. The van der Waals surface area contributed by atoms with Gasteiger partial charge in [-0.25, -0.2) is 9.59 Å². The zero-order chi connectivity index (χ0) is 13.3. The summed E-state index contributed by atoms with van der Waals surface area (Å²) in [5, 5.41) is 15.9. The van der Waals surface area contributed by atoms with Crippen LogP contribution in [0.15, 0.2) is 36.4 Å². The highest BCUT2D eigenvalue weighted by molar-refractivity contribution is 6.31. The molecular weight excluding hydrogens is 224 g/mol. The maximum atomic E-state index is 10.1. The molecular formula is C12H12O5. The Morgan fingerprint density at radius 1 is 1.06 bits per heavy atom. The number of carbonyl (C=O) groups is 3. The van der Waals surface area contributed by atoms with E-state index in [0.29, 0.717) is 0 Å². The van der Waals surface area contributed by atoms with Crippen molar-refractivity contribution in [3.8, 4) is 0 Å². The van der Waals surface area contributed by atoms with Crippen molar-refractivity contribution in [2.45, 2.75) is 6.92 Å². The average Bonchev–Trinajstić information content (AvgIpc) is 2.28. The number of hydrogen-bond acceptors (Lipinski definition) is 3. The van der Waals surface area contributed by atoms with Gasteiger partial charge in [0.15, 0.2) is 0 Å². The van der Waals surface area contributed by atoms with Crippen molar-refractivity contribution in [2.75, 3.05) is 0 Å². The molecule has 0 heterocycles. The molecule has 2 N–H and O–H groups in total. The van der Waals surface area contributed by atoms with Crippen LogP contribution in [-0.2, 0) is 14.4 Å². The highest BCUT2D eigenvalue weighted by Crippen LogP contribution is 1.99. The van der Waals surface area contributed by atoms with Crippen LogP contribution in [0.5, 0.6) is 0 Å². The summed E-state index contributed by atoms with van der Waals surface area (Å²) in [5.41, 5.74) is 0.898. The largest absolute Gasteiger partial charge is 0.478 e. The minimum atomic E-state index is -1.38. The molecule has 17 heavy (non-hydrogen) atoms. The Hall–Kier alpha value is -2.43. The third-order valence-corrected chi connectivity index (χ3v) is 1.52. The standard InChI is InChI=1S/C9H8O2.C3H4O3/c10-9(11)7-6-8-4-2-1-3-5-8;1-2(4)3(5)6/h1-7H,(H,10,11);1H3,(H,5,6). The third-order valence-electron chi connectivity index (χ3n) is 1.52. The van der Waals surface area contributed by atoms with Gasteiger partial charge in [0.2, 0.25) is 5.78 Å². The van der Waals surface area contributed by atoms with E-state index in [0.717, 1.165) is 18.6 Å². The van der Waals surface area contributed by atoms with Crippen LogP contribution in [0.3, 0.4) is 0 Å². The monoisotopic (exact) mass is 236 g/mol. The quantitative estimate of drug-likeness (QED) is 0.612. The summed E-state index contributed by atoms with van der Waals surface area (Å²) in [5.74, 6) is -3.13. The Labute approximate surface area is 98.0 Å². The van der Waals surface area contributed by atoms with Crippen molar-refractivity contribution in [3.63, 3.8) is 0 Å². The predicted molar refractivity (Wildman–Crippen MR) is 61.4 cm³/mol. The van der Waals surface area contributed by atoms with E-state index in [1.165, 1.54) is 0 Å². The lowest BCUT2D eigenvalue weighted by Crippen LogP contribution is -2.05. The van der Waals surface area contributed by atoms with Crippen molar-refractivity contribution in [2.24, 2.45) is 0 Å². The Morgan fingerprint density at radius 2 is 1.53 bits per heavy atom. The molecule has 0 aliphatic heterocycles. The molecule has 0 aliphatic rings. The number of ketones is 1. The maximum absolute atomic E-state index is 10.1. The van der Waals surface area contributed by atoms with Gasteiger partial charge in [-0.2, -0.15) is 0 Å². The Kier molecular flexibility index (Phi) is 6.69. The summed E-state index contributed by atoms with van der Waals surface area (Å²) in [6, 6.07) is 9.31. The van der Waals surface area contributed by atoms with E-state index >= 15 is 0 Å². The molecule has 0 unspecified atom stereocenters. The predicted octanol–water partition coefficient (Wildman–Crippen LogP) is 1.44. The van der Waals surface area contributed by atoms with Crippen LogP contribution in [0, 0.1) is 0 Å². The van der Waals surface area contributed by atoms with Gasteiger partial charge in [0.25, 0.3) is 0 Å². The van der Waals surface area contributed by atoms with Crippen LogP contribution < -0.4 is 0 Å². The van der Waals surface area contributed by atoms with E-state index in [-0.39, 0.29) is 0 Å². The summed E-state index contributed by atoms with van der Waals surface area (Å²) < 4.78 is 0. The Balaban J connectivity index is 0.000000366. The molecule has 1 aromatic carbocycles. The summed E-state index contributed by atoms with van der Waals surface area (Å²) in [7, 11) is 0. The first-order valence-electron chi connectivity index (χ1n) is 4.63. The van der Waals surface area contributed by atoms with Crippen LogP contribution in [0.1, 0.15) is 12.5 Å². The fraction of sp³-hybridized carbons (Fsp3) is 0.0833. The van der Waals surface area contributed by atoms with Crippen LogP contribution in [-0.4, -0.2) is 27.9 Å². The van der Waals surface area contributed by atoms with Crippen molar-refractivity contribution >= 4 is 23.8 Å². The van der Waals surface area contributed by atoms with E-state index in [4.69, 9.17) is 10.2 Å². The fourth-order valence-corrected chi connectivity index (χ4v) is 0.732. The van der Waals surface area contributed by atoms with E-state index in [9.17, 15) is 14.4 Å². The molecule has 1 rings (SSSR count). The number of Topliss-reactive ketones (excluding diaryl/α,β-unsaturated/α-hetero) is 1. The molecule has 0 amide bonds. The van der Waals surface area contributed by atoms with Crippen LogP contribution in [0.2, 0.25) is 0 Å². The molecule has 0 saturated heterocycles. The molecule has 1 aromatic rings. The molecule has 0 bridgehead atoms. The highest BCUT2D eigenvalue weighted by Gasteiger charge is 1.99. The third kappa shape index (κ3) is 8.56. The lowest BCUT2D eigenvalue weighted by atomic mass is 10.2. The van der Waals surface area contributed by atoms with Crippen molar-refractivity contribution in [1.82, 2.24) is 0 Å². The summed E-state index contributed by atoms with van der Waals surface area (Å²) in [6.45, 7) is 1.00. The molecule has 5 nitrogen and oxygen atoms in total. The van der Waals surface area contributed by atoms with Gasteiger partial charge < -0.3 is 10.2 Å². The van der Waals surface area contributed by atoms with Gasteiger partial charge in [0.05, 0.1) is 0 Å². The normalized spacial score (nSPS) is 9.24. The summed E-state index contributed by atoms with van der Waals surface area (Å²) in [4.78, 5) is 29.0. The zero-order valence-corrected chi connectivity index (χ0v) is 9.16. The lowest BCUT2D eigenvalue weighted by Gasteiger charge is -1.87. The van der Waals surface area contributed by atoms with Gasteiger partial charge in [0.1, 0.15) is 0 Å². The maximum Gasteiger partial charge on any atom is 0.371 e. The highest BCUT2D eigenvalue weighted by atomic mass is 16.4. The van der Waals surface area contributed by atoms with Crippen molar-refractivity contribution < 1.29 is 24.6 Å². The summed E-state index contributed by atoms with van der Waals surface area (Å²) in [6.07, 6.45) is 2.68. The molecule has 5 heteroatoms. The molecule has 0 fully saturated rings. The molecule has 90 valence electrons. The SMILES string of the molecule is CC(=O)C(=O)O.O=C(O)C=Cc1ccccc1. The Bertz CT molecular complexity index is 408. The molecule has 0 aliphatic carbocycles. The topological polar surface area (TPSA) is 91.7 Å². The van der Waals surface area contributed by atoms with Crippen molar-refractivity contribution in [1.29, 1.82) is 0 Å². The number of carboxylic acids is 2. The first-order valence-corrected chi connectivity index (χ1v) is 4.63. The second-order valence-electron chi connectivity index (χ2n) is 2.94. The van der Waals surface area contributed by atoms with Gasteiger partial charge in [-0.3, -0.25) is 4.79 Å². The van der Waals surface area contributed by atoms with E-state index < -0.39 is 17.7 Å². The average molecular weight is 236 g/mol. The minimum Gasteiger partial charge on any atom is -0.478 e. The minimum absolute atomic E-state index is 0.824. The van der Waals surface area contributed by atoms with Gasteiger partial charge in [0, 0.05) is 13.0 Å². The van der Waals surface area contributed by atoms with E-state index in [1.54, 1.807) is 6.08 Å². The Morgan fingerprint density at radius 3 is 1.88 bits per heavy atom. The van der Waals surface area contributed by atoms with Crippen molar-refractivity contribution in [3.05, 3.63) is 42.0 Å². The molecule has 0 atom stereocenters. The number of aliphatic carboxylic acids is 2. The lowest BCUT2D eigenvalue weighted by molar-refractivity contribution is -0.148. The first-order chi connectivity index (χ1) is 7.93. The van der Waals surface area contributed by atoms with E-state index in [2.05, 4.69) is 0 Å². The van der Waals surface area contributed by atoms with Gasteiger partial charge in [-0.05, 0) is 11.6 Å².